The summed E-state index contributed by atoms with van der Waals surface area (Å²) < 4.78 is 8.76. The van der Waals surface area contributed by atoms with Crippen LogP contribution in [0, 0.1) is 6.92 Å². The predicted octanol–water partition coefficient (Wildman–Crippen LogP) is 4.23. The number of rotatable bonds is 5. The fourth-order valence-corrected chi connectivity index (χ4v) is 2.69. The van der Waals surface area contributed by atoms with Crippen molar-refractivity contribution >= 4 is 27.5 Å². The van der Waals surface area contributed by atoms with Crippen LogP contribution in [0.15, 0.2) is 22.7 Å². The molecule has 0 aliphatic heterocycles. The first-order chi connectivity index (χ1) is 9.93. The van der Waals surface area contributed by atoms with Crippen molar-refractivity contribution in [3.05, 3.63) is 44.6 Å². The average Bonchev–Trinajstić information content (AvgIpc) is 2.71. The molecular weight excluding hydrogens is 354 g/mol. The van der Waals surface area contributed by atoms with Gasteiger partial charge in [0.25, 0.3) is 0 Å². The Morgan fingerprint density at radius 1 is 1.48 bits per heavy atom. The van der Waals surface area contributed by atoms with Gasteiger partial charge < -0.3 is 10.5 Å². The van der Waals surface area contributed by atoms with Gasteiger partial charge in [-0.1, -0.05) is 33.6 Å². The van der Waals surface area contributed by atoms with Gasteiger partial charge in [-0.25, -0.2) is 0 Å². The zero-order valence-corrected chi connectivity index (χ0v) is 14.7. The van der Waals surface area contributed by atoms with Crippen LogP contribution in [0.4, 0.5) is 0 Å². The maximum Gasteiger partial charge on any atom is 0.131 e. The number of halogens is 2. The maximum atomic E-state index is 6.30. The van der Waals surface area contributed by atoms with E-state index in [-0.39, 0.29) is 6.04 Å². The molecule has 21 heavy (non-hydrogen) atoms. The summed E-state index contributed by atoms with van der Waals surface area (Å²) in [6.45, 7) is 6.97. The van der Waals surface area contributed by atoms with Crippen LogP contribution in [0.1, 0.15) is 36.8 Å². The molecule has 1 aromatic heterocycles. The molecule has 2 rings (SSSR count). The first-order valence-electron chi connectivity index (χ1n) is 6.83. The Hall–Kier alpha value is -1.04. The van der Waals surface area contributed by atoms with Crippen molar-refractivity contribution in [3.63, 3.8) is 0 Å². The molecule has 1 unspecified atom stereocenters. The topological polar surface area (TPSA) is 53.1 Å². The molecule has 0 saturated heterocycles. The second-order valence-corrected chi connectivity index (χ2v) is 6.21. The number of ether oxygens (including phenoxy) is 1. The Bertz CT molecular complexity index is 640. The Balaban J connectivity index is 2.26. The molecule has 6 heteroatoms. The fourth-order valence-electron chi connectivity index (χ4n) is 2.16. The van der Waals surface area contributed by atoms with Gasteiger partial charge in [0.15, 0.2) is 0 Å². The van der Waals surface area contributed by atoms with Crippen LogP contribution < -0.4 is 10.5 Å². The summed E-state index contributed by atoms with van der Waals surface area (Å²) in [5, 5.41) is 5.05. The third kappa shape index (κ3) is 3.59. The van der Waals surface area contributed by atoms with Crippen molar-refractivity contribution in [3.8, 4) is 5.75 Å². The van der Waals surface area contributed by atoms with Crippen molar-refractivity contribution in [2.45, 2.75) is 40.0 Å². The first kappa shape index (κ1) is 16.3. The summed E-state index contributed by atoms with van der Waals surface area (Å²) in [6.07, 6.45) is 0. The van der Waals surface area contributed by atoms with E-state index in [1.54, 1.807) is 0 Å². The summed E-state index contributed by atoms with van der Waals surface area (Å²) in [6, 6.07) is 5.75. The zero-order valence-electron chi connectivity index (χ0n) is 12.4. The molecule has 4 nitrogen and oxygen atoms in total. The molecule has 0 spiro atoms. The Morgan fingerprint density at radius 2 is 2.19 bits per heavy atom. The van der Waals surface area contributed by atoms with E-state index < -0.39 is 0 Å². The van der Waals surface area contributed by atoms with Crippen molar-refractivity contribution in [1.82, 2.24) is 9.78 Å². The molecule has 1 heterocycles. The summed E-state index contributed by atoms with van der Waals surface area (Å²) in [7, 11) is 0. The third-order valence-corrected chi connectivity index (χ3v) is 4.27. The van der Waals surface area contributed by atoms with E-state index in [1.807, 2.05) is 43.7 Å². The molecule has 0 bridgehead atoms. The molecule has 0 saturated carbocycles. The van der Waals surface area contributed by atoms with Crippen LogP contribution in [0.25, 0.3) is 0 Å². The average molecular weight is 373 g/mol. The Kier molecular flexibility index (Phi) is 5.30. The highest BCUT2D eigenvalue weighted by atomic mass is 79.9. The van der Waals surface area contributed by atoms with Crippen molar-refractivity contribution in [2.75, 3.05) is 0 Å². The van der Waals surface area contributed by atoms with Gasteiger partial charge in [-0.15, -0.1) is 0 Å². The van der Waals surface area contributed by atoms with Gasteiger partial charge in [0.1, 0.15) is 12.4 Å². The summed E-state index contributed by atoms with van der Waals surface area (Å²) >= 11 is 9.75. The SMILES string of the molecule is CCn1nc(C)c(Cl)c1COc1cc(Br)ccc1C(C)N. The largest absolute Gasteiger partial charge is 0.487 e. The molecule has 2 aromatic rings. The first-order valence-corrected chi connectivity index (χ1v) is 8.00. The summed E-state index contributed by atoms with van der Waals surface area (Å²) in [5.41, 5.74) is 8.65. The van der Waals surface area contributed by atoms with Gasteiger partial charge in [0.05, 0.1) is 16.4 Å². The summed E-state index contributed by atoms with van der Waals surface area (Å²) in [4.78, 5) is 0. The van der Waals surface area contributed by atoms with E-state index in [0.29, 0.717) is 11.6 Å². The van der Waals surface area contributed by atoms with E-state index >= 15 is 0 Å². The molecule has 0 radical (unpaired) electrons. The maximum absolute atomic E-state index is 6.30. The van der Waals surface area contributed by atoms with Gasteiger partial charge in [-0.2, -0.15) is 5.10 Å². The van der Waals surface area contributed by atoms with Crippen molar-refractivity contribution < 1.29 is 4.74 Å². The highest BCUT2D eigenvalue weighted by Crippen LogP contribution is 2.29. The minimum absolute atomic E-state index is 0.0959. The second kappa shape index (κ2) is 6.81. The number of hydrogen-bond acceptors (Lipinski definition) is 3. The lowest BCUT2D eigenvalue weighted by Gasteiger charge is -2.15. The smallest absolute Gasteiger partial charge is 0.131 e. The van der Waals surface area contributed by atoms with E-state index in [9.17, 15) is 0 Å². The van der Waals surface area contributed by atoms with E-state index in [2.05, 4.69) is 21.0 Å². The van der Waals surface area contributed by atoms with Crippen LogP contribution in [0.2, 0.25) is 5.02 Å². The molecule has 0 aliphatic carbocycles. The monoisotopic (exact) mass is 371 g/mol. The zero-order chi connectivity index (χ0) is 15.6. The normalized spacial score (nSPS) is 12.5. The second-order valence-electron chi connectivity index (χ2n) is 4.92. The van der Waals surface area contributed by atoms with Crippen LogP contribution in [-0.4, -0.2) is 9.78 Å². The summed E-state index contributed by atoms with van der Waals surface area (Å²) in [5.74, 6) is 0.761. The highest BCUT2D eigenvalue weighted by Gasteiger charge is 2.15. The van der Waals surface area contributed by atoms with Crippen molar-refractivity contribution in [1.29, 1.82) is 0 Å². The number of hydrogen-bond donors (Lipinski definition) is 1. The van der Waals surface area contributed by atoms with Crippen molar-refractivity contribution in [2.24, 2.45) is 5.73 Å². The lowest BCUT2D eigenvalue weighted by molar-refractivity contribution is 0.288. The number of nitrogens with two attached hydrogens (primary N) is 1. The fraction of sp³-hybridized carbons (Fsp3) is 0.400. The molecule has 0 aliphatic rings. The third-order valence-electron chi connectivity index (χ3n) is 3.28. The van der Waals surface area contributed by atoms with Crippen LogP contribution in [0.3, 0.4) is 0 Å². The molecule has 0 amide bonds. The van der Waals surface area contributed by atoms with Gasteiger partial charge in [0, 0.05) is 22.6 Å². The quantitative estimate of drug-likeness (QED) is 0.854. The van der Waals surface area contributed by atoms with Crippen LogP contribution >= 0.6 is 27.5 Å². The van der Waals surface area contributed by atoms with E-state index in [4.69, 9.17) is 22.1 Å². The van der Waals surface area contributed by atoms with Crippen LogP contribution in [0.5, 0.6) is 5.75 Å². The van der Waals surface area contributed by atoms with E-state index in [1.165, 1.54) is 0 Å². The number of nitrogens with zero attached hydrogens (tertiary/aromatic N) is 2. The Morgan fingerprint density at radius 3 is 2.81 bits per heavy atom. The molecule has 0 fully saturated rings. The molecule has 1 atom stereocenters. The molecular formula is C15H19BrClN3O. The molecule has 114 valence electrons. The predicted molar refractivity (Wildman–Crippen MR) is 88.7 cm³/mol. The number of aromatic nitrogens is 2. The van der Waals surface area contributed by atoms with Gasteiger partial charge >= 0.3 is 0 Å². The minimum atomic E-state index is -0.0959. The van der Waals surface area contributed by atoms with Gasteiger partial charge in [-0.3, -0.25) is 4.68 Å². The Labute approximate surface area is 138 Å². The van der Waals surface area contributed by atoms with Crippen LogP contribution in [-0.2, 0) is 13.2 Å². The van der Waals surface area contributed by atoms with Gasteiger partial charge in [-0.05, 0) is 32.9 Å². The lowest BCUT2D eigenvalue weighted by Crippen LogP contribution is -2.10. The lowest BCUT2D eigenvalue weighted by atomic mass is 10.1. The molecule has 1 aromatic carbocycles. The number of aryl methyl sites for hydroxylation is 2. The molecule has 2 N–H and O–H groups in total. The number of benzene rings is 1. The standard InChI is InChI=1S/C15H19BrClN3O/c1-4-20-13(15(17)10(3)19-20)8-21-14-7-11(16)5-6-12(14)9(2)18/h5-7,9H,4,8,18H2,1-3H3. The highest BCUT2D eigenvalue weighted by molar-refractivity contribution is 9.10. The van der Waals surface area contributed by atoms with E-state index in [0.717, 1.165) is 33.7 Å². The minimum Gasteiger partial charge on any atom is -0.487 e. The van der Waals surface area contributed by atoms with Gasteiger partial charge in [0.2, 0.25) is 0 Å².